The maximum absolute atomic E-state index is 12.1. The molecule has 2 aliphatic carbocycles. The van der Waals surface area contributed by atoms with Crippen LogP contribution < -0.4 is 11.5 Å². The van der Waals surface area contributed by atoms with E-state index in [9.17, 15) is 5.11 Å². The van der Waals surface area contributed by atoms with E-state index in [1.54, 1.807) is 12.4 Å². The summed E-state index contributed by atoms with van der Waals surface area (Å²) in [7, 11) is 0. The predicted molar refractivity (Wildman–Crippen MR) is 262 cm³/mol. The Hall–Kier alpha value is -7.61. The van der Waals surface area contributed by atoms with Crippen molar-refractivity contribution in [3.63, 3.8) is 0 Å². The summed E-state index contributed by atoms with van der Waals surface area (Å²) >= 11 is 0. The number of pyridine rings is 1. The second kappa shape index (κ2) is 15.5. The fourth-order valence-corrected chi connectivity index (χ4v) is 10.9. The molecule has 6 aromatic heterocycles. The molecule has 5 N–H and O–H groups in total. The number of imidazole rings is 2. The number of benzene rings is 4. The monoisotopic (exact) mass is 880 g/mol. The standard InChI is InChI=1S/C54H48N12O/c55-50-48-47(62-52(35-12-7-13-35)65(48)24-21-57-50)37-17-19-41-43(27-37)61-44(34-10-5-2-6-11-34)45(60-41)38-20-23-64(30-38)31-54(67)28-39(29-54)53-63-46(49-51(56)58-22-25-66(49)53)36-15-14-33-16-18-40(59-42(33)26-36)32-8-3-1-4-9-32/h1-6,8-11,14-19,21-22,24-27,35,38-39,67H,7,12-13,20,23,28-31H2,(H2,55,57)(H2,56,58)/t38?,39-,54+. The Balaban J connectivity index is 0.761. The molecule has 0 amide bonds. The van der Waals surface area contributed by atoms with Gasteiger partial charge in [0.15, 0.2) is 0 Å². The summed E-state index contributed by atoms with van der Waals surface area (Å²) in [6, 6.07) is 37.2. The lowest BCUT2D eigenvalue weighted by Crippen LogP contribution is -2.51. The molecule has 67 heavy (non-hydrogen) atoms. The molecule has 1 saturated heterocycles. The van der Waals surface area contributed by atoms with Gasteiger partial charge in [-0.3, -0.25) is 13.7 Å². The SMILES string of the molecule is Nc1nccn2c(C3CCC3)nc(-c3ccc4nc(C5CCN(C[C@]6(O)C[C@@H](c7nc(-c8ccc9ccc(-c%10ccccc%10)nc9c8)c8c(N)nccn87)C6)C5)c(-c5ccccc5)nc4c3)c12. The predicted octanol–water partition coefficient (Wildman–Crippen LogP) is 9.46. The van der Waals surface area contributed by atoms with Crippen LogP contribution in [0.1, 0.15) is 73.6 Å². The van der Waals surface area contributed by atoms with Crippen LogP contribution in [0.4, 0.5) is 11.6 Å². The molecule has 0 radical (unpaired) electrons. The van der Waals surface area contributed by atoms with E-state index in [-0.39, 0.29) is 11.8 Å². The first-order valence-electron chi connectivity index (χ1n) is 23.4. The third-order valence-corrected chi connectivity index (χ3v) is 14.5. The molecular formula is C54H48N12O. The number of nitrogen functional groups attached to an aromatic ring is 2. The van der Waals surface area contributed by atoms with Gasteiger partial charge >= 0.3 is 0 Å². The molecule has 4 aromatic carbocycles. The van der Waals surface area contributed by atoms with E-state index < -0.39 is 5.60 Å². The topological polar surface area (TPSA) is 175 Å². The van der Waals surface area contributed by atoms with Gasteiger partial charge in [-0.25, -0.2) is 34.9 Å². The Labute approximate surface area is 386 Å². The van der Waals surface area contributed by atoms with Crippen LogP contribution in [0, 0.1) is 0 Å². The second-order valence-corrected chi connectivity index (χ2v) is 18.9. The largest absolute Gasteiger partial charge is 0.389 e. The summed E-state index contributed by atoms with van der Waals surface area (Å²) in [4.78, 5) is 37.5. The van der Waals surface area contributed by atoms with Gasteiger partial charge < -0.3 is 16.6 Å². The highest BCUT2D eigenvalue weighted by molar-refractivity contribution is 5.92. The Morgan fingerprint density at radius 3 is 1.87 bits per heavy atom. The number of aromatic nitrogens is 9. The van der Waals surface area contributed by atoms with Gasteiger partial charge in [-0.15, -0.1) is 0 Å². The molecule has 1 unspecified atom stereocenters. The molecular weight excluding hydrogens is 833 g/mol. The number of β-amino-alcohol motifs (C(OH)–C–C–N with tert-alkyl or cyclic N) is 1. The van der Waals surface area contributed by atoms with E-state index >= 15 is 0 Å². The molecule has 13 heteroatoms. The van der Waals surface area contributed by atoms with E-state index in [0.717, 1.165) is 128 Å². The first-order chi connectivity index (χ1) is 32.8. The van der Waals surface area contributed by atoms with Gasteiger partial charge in [0.25, 0.3) is 0 Å². The molecule has 3 fully saturated rings. The second-order valence-electron chi connectivity index (χ2n) is 18.9. The van der Waals surface area contributed by atoms with Gasteiger partial charge in [0.2, 0.25) is 0 Å². The first-order valence-corrected chi connectivity index (χ1v) is 23.4. The zero-order valence-electron chi connectivity index (χ0n) is 36.9. The van der Waals surface area contributed by atoms with E-state index in [2.05, 4.69) is 109 Å². The molecule has 2 saturated carbocycles. The van der Waals surface area contributed by atoms with Gasteiger partial charge in [0.1, 0.15) is 45.7 Å². The number of hydrogen-bond acceptors (Lipinski definition) is 11. The summed E-state index contributed by atoms with van der Waals surface area (Å²) in [5.74, 6) is 3.43. The summed E-state index contributed by atoms with van der Waals surface area (Å²) in [6.45, 7) is 2.21. The van der Waals surface area contributed by atoms with Crippen molar-refractivity contribution in [2.45, 2.75) is 61.9 Å². The van der Waals surface area contributed by atoms with Crippen LogP contribution in [0.2, 0.25) is 0 Å². The number of likely N-dealkylation sites (tertiary alicyclic amines) is 1. The maximum atomic E-state index is 12.1. The highest BCUT2D eigenvalue weighted by atomic mass is 16.3. The van der Waals surface area contributed by atoms with Crippen LogP contribution in [0.15, 0.2) is 134 Å². The lowest BCUT2D eigenvalue weighted by atomic mass is 9.70. The van der Waals surface area contributed by atoms with Crippen LogP contribution in [0.3, 0.4) is 0 Å². The molecule has 0 bridgehead atoms. The van der Waals surface area contributed by atoms with Crippen LogP contribution in [-0.4, -0.2) is 78.9 Å². The lowest BCUT2D eigenvalue weighted by Gasteiger charge is -2.45. The molecule has 1 aliphatic heterocycles. The van der Waals surface area contributed by atoms with Crippen LogP contribution in [0.25, 0.3) is 78.0 Å². The first kappa shape index (κ1) is 39.7. The molecule has 3 aliphatic rings. The number of aliphatic hydroxyl groups is 1. The maximum Gasteiger partial charge on any atom is 0.150 e. The minimum atomic E-state index is -0.854. The van der Waals surface area contributed by atoms with Crippen LogP contribution in [-0.2, 0) is 0 Å². The van der Waals surface area contributed by atoms with E-state index in [4.69, 9.17) is 36.4 Å². The van der Waals surface area contributed by atoms with Gasteiger partial charge in [-0.05, 0) is 62.9 Å². The Kier molecular flexibility index (Phi) is 9.19. The number of fused-ring (bicyclic) bond motifs is 4. The van der Waals surface area contributed by atoms with Crippen molar-refractivity contribution >= 4 is 44.6 Å². The molecule has 10 aromatic rings. The van der Waals surface area contributed by atoms with Crippen molar-refractivity contribution in [1.82, 2.24) is 48.6 Å². The van der Waals surface area contributed by atoms with Gasteiger partial charge in [-0.2, -0.15) is 0 Å². The van der Waals surface area contributed by atoms with E-state index in [0.29, 0.717) is 36.9 Å². The molecule has 0 spiro atoms. The summed E-state index contributed by atoms with van der Waals surface area (Å²) in [5.41, 5.74) is 24.7. The van der Waals surface area contributed by atoms with E-state index in [1.807, 2.05) is 36.7 Å². The van der Waals surface area contributed by atoms with Crippen molar-refractivity contribution in [2.24, 2.45) is 0 Å². The fourth-order valence-electron chi connectivity index (χ4n) is 10.9. The normalized spacial score (nSPS) is 20.0. The zero-order chi connectivity index (χ0) is 44.8. The summed E-state index contributed by atoms with van der Waals surface area (Å²) in [5, 5.41) is 13.2. The minimum absolute atomic E-state index is 0.0494. The molecule has 7 heterocycles. The van der Waals surface area contributed by atoms with Crippen molar-refractivity contribution in [3.05, 3.63) is 151 Å². The summed E-state index contributed by atoms with van der Waals surface area (Å²) < 4.78 is 4.19. The number of hydrogen-bond donors (Lipinski definition) is 3. The van der Waals surface area contributed by atoms with Crippen molar-refractivity contribution in [3.8, 4) is 45.0 Å². The average Bonchev–Trinajstić information content (AvgIpc) is 4.07. The van der Waals surface area contributed by atoms with Gasteiger partial charge in [0, 0.05) is 83.3 Å². The Bertz CT molecular complexity index is 3540. The molecule has 330 valence electrons. The highest BCUT2D eigenvalue weighted by Crippen LogP contribution is 2.47. The Morgan fingerprint density at radius 1 is 0.567 bits per heavy atom. The lowest BCUT2D eigenvalue weighted by molar-refractivity contribution is -0.0706. The minimum Gasteiger partial charge on any atom is -0.389 e. The third kappa shape index (κ3) is 6.79. The number of rotatable bonds is 9. The summed E-state index contributed by atoms with van der Waals surface area (Å²) in [6.07, 6.45) is 13.0. The smallest absolute Gasteiger partial charge is 0.150 e. The number of nitrogens with two attached hydrogens (primary N) is 2. The zero-order valence-corrected chi connectivity index (χ0v) is 36.9. The number of nitrogens with zero attached hydrogens (tertiary/aromatic N) is 10. The van der Waals surface area contributed by atoms with Crippen LogP contribution >= 0.6 is 0 Å². The van der Waals surface area contributed by atoms with Crippen LogP contribution in [0.5, 0.6) is 0 Å². The van der Waals surface area contributed by atoms with E-state index in [1.165, 1.54) is 6.42 Å². The molecule has 13 nitrogen and oxygen atoms in total. The molecule has 13 rings (SSSR count). The fraction of sp³-hybridized carbons (Fsp3) is 0.241. The van der Waals surface area contributed by atoms with Gasteiger partial charge in [0.05, 0.1) is 39.2 Å². The molecule has 1 atom stereocenters. The number of anilines is 2. The third-order valence-electron chi connectivity index (χ3n) is 14.5. The Morgan fingerprint density at radius 2 is 1.19 bits per heavy atom. The van der Waals surface area contributed by atoms with Gasteiger partial charge in [-0.1, -0.05) is 91.3 Å². The van der Waals surface area contributed by atoms with Crippen molar-refractivity contribution in [2.75, 3.05) is 31.1 Å². The van der Waals surface area contributed by atoms with Crippen molar-refractivity contribution in [1.29, 1.82) is 0 Å². The highest BCUT2D eigenvalue weighted by Gasteiger charge is 2.47. The van der Waals surface area contributed by atoms with Crippen molar-refractivity contribution < 1.29 is 5.11 Å². The average molecular weight is 881 g/mol. The quantitative estimate of drug-likeness (QED) is 0.126.